The Morgan fingerprint density at radius 3 is 2.60 bits per heavy atom. The van der Waals surface area contributed by atoms with Crippen LogP contribution in [-0.2, 0) is 13.5 Å². The van der Waals surface area contributed by atoms with E-state index in [-0.39, 0.29) is 0 Å². The fourth-order valence-electron chi connectivity index (χ4n) is 3.91. The van der Waals surface area contributed by atoms with E-state index < -0.39 is 5.60 Å². The maximum Gasteiger partial charge on any atom is 0.0738 e. The normalized spacial score (nSPS) is 31.0. The number of aliphatic hydroxyl groups is 1. The second-order valence-corrected chi connectivity index (χ2v) is 7.78. The Balaban J connectivity index is 2.31. The van der Waals surface area contributed by atoms with Crippen molar-refractivity contribution in [1.82, 2.24) is 9.78 Å². The van der Waals surface area contributed by atoms with Gasteiger partial charge in [-0.15, -0.1) is 0 Å². The van der Waals surface area contributed by atoms with E-state index in [0.717, 1.165) is 28.7 Å². The van der Waals surface area contributed by atoms with Crippen molar-refractivity contribution in [2.45, 2.75) is 59.0 Å². The number of halogens is 1. The van der Waals surface area contributed by atoms with Crippen molar-refractivity contribution in [1.29, 1.82) is 0 Å². The van der Waals surface area contributed by atoms with E-state index >= 15 is 0 Å². The third-order valence-corrected chi connectivity index (χ3v) is 5.93. The van der Waals surface area contributed by atoms with Crippen LogP contribution in [0.15, 0.2) is 4.47 Å². The van der Waals surface area contributed by atoms with Gasteiger partial charge in [0.15, 0.2) is 0 Å². The average molecular weight is 343 g/mol. The number of hydrogen-bond donors (Lipinski definition) is 1. The highest BCUT2D eigenvalue weighted by Crippen LogP contribution is 2.43. The number of aryl methyl sites for hydroxylation is 2. The van der Waals surface area contributed by atoms with Crippen LogP contribution in [0.25, 0.3) is 0 Å². The monoisotopic (exact) mass is 342 g/mol. The summed E-state index contributed by atoms with van der Waals surface area (Å²) in [6.07, 6.45) is 3.95. The molecule has 0 aromatic carbocycles. The van der Waals surface area contributed by atoms with E-state index in [1.807, 2.05) is 18.7 Å². The molecule has 0 radical (unpaired) electrons. The Morgan fingerprint density at radius 2 is 2.10 bits per heavy atom. The van der Waals surface area contributed by atoms with Crippen LogP contribution in [0.5, 0.6) is 0 Å². The Labute approximate surface area is 130 Å². The predicted octanol–water partition coefficient (Wildman–Crippen LogP) is 3.86. The van der Waals surface area contributed by atoms with Gasteiger partial charge in [0, 0.05) is 13.5 Å². The first-order valence-electron chi connectivity index (χ1n) is 7.65. The highest BCUT2D eigenvalue weighted by Gasteiger charge is 2.43. The minimum absolute atomic E-state index is 0.376. The van der Waals surface area contributed by atoms with Crippen molar-refractivity contribution in [2.24, 2.45) is 24.8 Å². The maximum atomic E-state index is 11.3. The molecule has 0 spiro atoms. The molecule has 1 aliphatic carbocycles. The molecular formula is C16H27BrN2O. The van der Waals surface area contributed by atoms with Crippen LogP contribution in [0.1, 0.15) is 51.4 Å². The molecule has 1 heterocycles. The van der Waals surface area contributed by atoms with E-state index in [4.69, 9.17) is 0 Å². The highest BCUT2D eigenvalue weighted by atomic mass is 79.9. The molecule has 1 aromatic rings. The highest BCUT2D eigenvalue weighted by molar-refractivity contribution is 9.10. The molecule has 1 aliphatic rings. The van der Waals surface area contributed by atoms with Gasteiger partial charge in [-0.1, -0.05) is 27.2 Å². The molecule has 3 atom stereocenters. The summed E-state index contributed by atoms with van der Waals surface area (Å²) < 4.78 is 2.96. The third-order valence-electron chi connectivity index (χ3n) is 4.90. The zero-order valence-corrected chi connectivity index (χ0v) is 14.9. The lowest BCUT2D eigenvalue weighted by Gasteiger charge is -2.45. The number of nitrogens with zero attached hydrogens (tertiary/aromatic N) is 2. The fraction of sp³-hybridized carbons (Fsp3) is 0.812. The molecule has 1 fully saturated rings. The molecule has 1 saturated carbocycles. The van der Waals surface area contributed by atoms with Crippen molar-refractivity contribution in [3.05, 3.63) is 15.9 Å². The largest absolute Gasteiger partial charge is 0.389 e. The Hall–Kier alpha value is -0.350. The first-order chi connectivity index (χ1) is 9.24. The van der Waals surface area contributed by atoms with Crippen molar-refractivity contribution in [3.8, 4) is 0 Å². The minimum Gasteiger partial charge on any atom is -0.389 e. The van der Waals surface area contributed by atoms with Crippen molar-refractivity contribution in [3.63, 3.8) is 0 Å². The molecule has 0 saturated heterocycles. The zero-order valence-electron chi connectivity index (χ0n) is 13.3. The van der Waals surface area contributed by atoms with E-state index in [1.54, 1.807) is 0 Å². The zero-order chi connectivity index (χ0) is 15.1. The molecule has 0 bridgehead atoms. The van der Waals surface area contributed by atoms with Gasteiger partial charge in [0.2, 0.25) is 0 Å². The van der Waals surface area contributed by atoms with E-state index in [1.165, 1.54) is 6.42 Å². The van der Waals surface area contributed by atoms with Crippen molar-refractivity contribution in [2.75, 3.05) is 0 Å². The first-order valence-corrected chi connectivity index (χ1v) is 8.44. The molecule has 0 amide bonds. The van der Waals surface area contributed by atoms with Gasteiger partial charge in [0.05, 0.1) is 21.5 Å². The van der Waals surface area contributed by atoms with Gasteiger partial charge in [0.1, 0.15) is 0 Å². The summed E-state index contributed by atoms with van der Waals surface area (Å²) in [6.45, 7) is 8.72. The van der Waals surface area contributed by atoms with Crippen LogP contribution in [0.2, 0.25) is 0 Å². The lowest BCUT2D eigenvalue weighted by molar-refractivity contribution is -0.0806. The second kappa shape index (κ2) is 5.80. The van der Waals surface area contributed by atoms with Crippen LogP contribution in [0, 0.1) is 24.7 Å². The van der Waals surface area contributed by atoms with Gasteiger partial charge in [-0.2, -0.15) is 5.10 Å². The molecule has 2 rings (SSSR count). The quantitative estimate of drug-likeness (QED) is 0.905. The summed E-state index contributed by atoms with van der Waals surface area (Å²) in [6, 6.07) is 0. The lowest BCUT2D eigenvalue weighted by atomic mass is 9.65. The standard InChI is InChI=1S/C16H27BrN2O/c1-10(2)13-7-6-11(3)8-16(13,20)9-14-15(17)12(4)18-19(14)5/h10-11,13,20H,6-9H2,1-5H3. The van der Waals surface area contributed by atoms with Gasteiger partial charge in [-0.05, 0) is 53.4 Å². The van der Waals surface area contributed by atoms with Gasteiger partial charge < -0.3 is 5.11 Å². The van der Waals surface area contributed by atoms with Crippen LogP contribution in [-0.4, -0.2) is 20.5 Å². The SMILES string of the molecule is Cc1nn(C)c(CC2(O)CC(C)CCC2C(C)C)c1Br. The molecular weight excluding hydrogens is 316 g/mol. The van der Waals surface area contributed by atoms with E-state index in [0.29, 0.717) is 24.2 Å². The molecule has 4 heteroatoms. The predicted molar refractivity (Wildman–Crippen MR) is 85.6 cm³/mol. The van der Waals surface area contributed by atoms with Crippen molar-refractivity contribution < 1.29 is 5.11 Å². The summed E-state index contributed by atoms with van der Waals surface area (Å²) in [5, 5.41) is 15.8. The number of aromatic nitrogens is 2. The number of rotatable bonds is 3. The van der Waals surface area contributed by atoms with Crippen LogP contribution in [0.4, 0.5) is 0 Å². The molecule has 20 heavy (non-hydrogen) atoms. The van der Waals surface area contributed by atoms with Crippen LogP contribution in [0.3, 0.4) is 0 Å². The second-order valence-electron chi connectivity index (χ2n) is 6.99. The fourth-order valence-corrected chi connectivity index (χ4v) is 4.38. The van der Waals surface area contributed by atoms with Gasteiger partial charge in [0.25, 0.3) is 0 Å². The molecule has 0 aliphatic heterocycles. The topological polar surface area (TPSA) is 38.0 Å². The average Bonchev–Trinajstić information content (AvgIpc) is 2.55. The molecule has 3 unspecified atom stereocenters. The van der Waals surface area contributed by atoms with E-state index in [2.05, 4.69) is 41.8 Å². The Kier molecular flexibility index (Phi) is 4.65. The van der Waals surface area contributed by atoms with Gasteiger partial charge in [-0.25, -0.2) is 0 Å². The third kappa shape index (κ3) is 2.96. The van der Waals surface area contributed by atoms with Gasteiger partial charge in [-0.3, -0.25) is 4.68 Å². The minimum atomic E-state index is -0.603. The Bertz CT molecular complexity index is 483. The summed E-state index contributed by atoms with van der Waals surface area (Å²) in [4.78, 5) is 0. The molecule has 3 nitrogen and oxygen atoms in total. The van der Waals surface area contributed by atoms with Crippen LogP contribution < -0.4 is 0 Å². The molecule has 1 aromatic heterocycles. The van der Waals surface area contributed by atoms with Crippen molar-refractivity contribution >= 4 is 15.9 Å². The van der Waals surface area contributed by atoms with E-state index in [9.17, 15) is 5.11 Å². The summed E-state index contributed by atoms with van der Waals surface area (Å²) in [7, 11) is 1.97. The first kappa shape index (κ1) is 16.0. The summed E-state index contributed by atoms with van der Waals surface area (Å²) >= 11 is 3.63. The molecule has 1 N–H and O–H groups in total. The smallest absolute Gasteiger partial charge is 0.0738 e. The maximum absolute atomic E-state index is 11.3. The van der Waals surface area contributed by atoms with Crippen LogP contribution >= 0.6 is 15.9 Å². The summed E-state index contributed by atoms with van der Waals surface area (Å²) in [5.41, 5.74) is 1.51. The lowest BCUT2D eigenvalue weighted by Crippen LogP contribution is -2.47. The molecule has 114 valence electrons. The Morgan fingerprint density at radius 1 is 1.45 bits per heavy atom. The number of hydrogen-bond acceptors (Lipinski definition) is 2. The van der Waals surface area contributed by atoms with Gasteiger partial charge >= 0.3 is 0 Å². The summed E-state index contributed by atoms with van der Waals surface area (Å²) in [5.74, 6) is 1.49.